The number of rotatable bonds is 2. The molecule has 0 amide bonds. The van der Waals surface area contributed by atoms with Gasteiger partial charge in [0.15, 0.2) is 0 Å². The topological polar surface area (TPSA) is 39.4 Å². The molecule has 1 aromatic heterocycles. The Labute approximate surface area is 196 Å². The number of para-hydroxylation sites is 1. The summed E-state index contributed by atoms with van der Waals surface area (Å²) in [5.41, 5.74) is 8.24. The molecule has 0 unspecified atom stereocenters. The van der Waals surface area contributed by atoms with Gasteiger partial charge in [-0.1, -0.05) is 67.9 Å². The first-order valence-corrected chi connectivity index (χ1v) is 11.3. The van der Waals surface area contributed by atoms with Gasteiger partial charge in [-0.05, 0) is 58.1 Å². The number of halogens is 1. The minimum Gasteiger partial charge on any atom is -0.465 e. The average molecular weight is 453 g/mol. The van der Waals surface area contributed by atoms with E-state index in [0.29, 0.717) is 10.6 Å². The van der Waals surface area contributed by atoms with Crippen LogP contribution in [0.5, 0.6) is 0 Å². The molecule has 162 valence electrons. The molecule has 5 aromatic rings. The van der Waals surface area contributed by atoms with Crippen LogP contribution in [-0.4, -0.2) is 13.1 Å². The molecule has 1 heterocycles. The third kappa shape index (κ3) is 2.72. The summed E-state index contributed by atoms with van der Waals surface area (Å²) >= 11 is 6.40. The summed E-state index contributed by atoms with van der Waals surface area (Å²) in [7, 11) is 1.41. The van der Waals surface area contributed by atoms with Crippen molar-refractivity contribution in [3.63, 3.8) is 0 Å². The van der Waals surface area contributed by atoms with E-state index in [1.807, 2.05) is 54.6 Å². The Kier molecular flexibility index (Phi) is 4.24. The summed E-state index contributed by atoms with van der Waals surface area (Å²) < 4.78 is 11.6. The summed E-state index contributed by atoms with van der Waals surface area (Å²) in [4.78, 5) is 12.7. The number of ether oxygens (including phenoxy) is 1. The zero-order chi connectivity index (χ0) is 22.9. The van der Waals surface area contributed by atoms with Gasteiger partial charge in [0.1, 0.15) is 11.2 Å². The maximum Gasteiger partial charge on any atom is 0.338 e. The van der Waals surface area contributed by atoms with Crippen molar-refractivity contribution >= 4 is 39.5 Å². The molecule has 0 bridgehead atoms. The molecule has 4 aromatic carbocycles. The van der Waals surface area contributed by atoms with Crippen LogP contribution in [0.15, 0.2) is 77.2 Å². The minimum absolute atomic E-state index is 0.280. The SMILES string of the molecule is COC(=O)c1ccccc1-c1cc2c(c3oc4ccccc4c13)-c1ccc(Cl)cc1C2(C)C. The molecule has 0 saturated heterocycles. The van der Waals surface area contributed by atoms with Gasteiger partial charge in [0.2, 0.25) is 0 Å². The largest absolute Gasteiger partial charge is 0.465 e. The second-order valence-corrected chi connectivity index (χ2v) is 9.44. The molecule has 0 spiro atoms. The van der Waals surface area contributed by atoms with Crippen molar-refractivity contribution in [1.29, 1.82) is 0 Å². The number of hydrogen-bond acceptors (Lipinski definition) is 3. The van der Waals surface area contributed by atoms with Crippen LogP contribution in [0.2, 0.25) is 5.02 Å². The van der Waals surface area contributed by atoms with Crippen LogP contribution in [0.1, 0.15) is 35.3 Å². The van der Waals surface area contributed by atoms with Gasteiger partial charge in [-0.25, -0.2) is 4.79 Å². The quantitative estimate of drug-likeness (QED) is 0.255. The molecule has 6 rings (SSSR count). The zero-order valence-electron chi connectivity index (χ0n) is 18.5. The third-order valence-electron chi connectivity index (χ3n) is 6.87. The molecule has 1 aliphatic carbocycles. The lowest BCUT2D eigenvalue weighted by atomic mass is 9.80. The average Bonchev–Trinajstić information content (AvgIpc) is 3.31. The van der Waals surface area contributed by atoms with Gasteiger partial charge in [0, 0.05) is 26.8 Å². The van der Waals surface area contributed by atoms with Gasteiger partial charge in [-0.3, -0.25) is 0 Å². The summed E-state index contributed by atoms with van der Waals surface area (Å²) in [5, 5.41) is 2.73. The van der Waals surface area contributed by atoms with Gasteiger partial charge in [0.05, 0.1) is 12.7 Å². The van der Waals surface area contributed by atoms with Crippen molar-refractivity contribution in [3.8, 4) is 22.3 Å². The Balaban J connectivity index is 1.81. The molecule has 0 saturated carbocycles. The van der Waals surface area contributed by atoms with Crippen molar-refractivity contribution in [2.24, 2.45) is 0 Å². The molecule has 0 radical (unpaired) electrons. The predicted octanol–water partition coefficient (Wildman–Crippen LogP) is 8.00. The van der Waals surface area contributed by atoms with Gasteiger partial charge >= 0.3 is 5.97 Å². The first-order valence-electron chi connectivity index (χ1n) is 10.9. The maximum atomic E-state index is 12.7. The second-order valence-electron chi connectivity index (χ2n) is 9.00. The van der Waals surface area contributed by atoms with Gasteiger partial charge in [-0.2, -0.15) is 0 Å². The smallest absolute Gasteiger partial charge is 0.338 e. The van der Waals surface area contributed by atoms with E-state index < -0.39 is 0 Å². The molecule has 0 aliphatic heterocycles. The van der Waals surface area contributed by atoms with Crippen LogP contribution < -0.4 is 0 Å². The number of benzene rings is 4. The molecular formula is C29H21ClO3. The summed E-state index contributed by atoms with van der Waals surface area (Å²) in [6.07, 6.45) is 0. The highest BCUT2D eigenvalue weighted by Crippen LogP contribution is 2.55. The fourth-order valence-electron chi connectivity index (χ4n) is 5.28. The van der Waals surface area contributed by atoms with Crippen molar-refractivity contribution in [2.45, 2.75) is 19.3 Å². The maximum absolute atomic E-state index is 12.7. The van der Waals surface area contributed by atoms with Gasteiger partial charge < -0.3 is 9.15 Å². The standard InChI is InChI=1S/C29H21ClO3/c1-29(2)22-14-16(30)12-13-19(22)26-23(29)15-21(17-8-4-5-9-18(17)28(31)32-3)25-20-10-6-7-11-24(20)33-27(25)26/h4-15H,1-3H3. The molecule has 1 aliphatic rings. The zero-order valence-corrected chi connectivity index (χ0v) is 19.3. The summed E-state index contributed by atoms with van der Waals surface area (Å²) in [5.74, 6) is -0.360. The Morgan fingerprint density at radius 2 is 1.64 bits per heavy atom. The molecule has 3 nitrogen and oxygen atoms in total. The van der Waals surface area contributed by atoms with Crippen molar-refractivity contribution < 1.29 is 13.9 Å². The lowest BCUT2D eigenvalue weighted by Gasteiger charge is -2.22. The Morgan fingerprint density at radius 1 is 0.879 bits per heavy atom. The highest BCUT2D eigenvalue weighted by molar-refractivity contribution is 6.31. The van der Waals surface area contributed by atoms with Gasteiger partial charge in [-0.15, -0.1) is 0 Å². The van der Waals surface area contributed by atoms with E-state index in [-0.39, 0.29) is 11.4 Å². The Hall–Kier alpha value is -3.56. The highest BCUT2D eigenvalue weighted by Gasteiger charge is 2.39. The van der Waals surface area contributed by atoms with E-state index in [1.54, 1.807) is 0 Å². The summed E-state index contributed by atoms with van der Waals surface area (Å²) in [6.45, 7) is 4.41. The predicted molar refractivity (Wildman–Crippen MR) is 133 cm³/mol. The fraction of sp³-hybridized carbons (Fsp3) is 0.138. The number of esters is 1. The van der Waals surface area contributed by atoms with E-state index in [2.05, 4.69) is 32.0 Å². The van der Waals surface area contributed by atoms with Crippen LogP contribution in [0.4, 0.5) is 0 Å². The van der Waals surface area contributed by atoms with E-state index in [0.717, 1.165) is 49.8 Å². The number of furan rings is 1. The van der Waals surface area contributed by atoms with Crippen LogP contribution >= 0.6 is 11.6 Å². The molecule has 0 atom stereocenters. The van der Waals surface area contributed by atoms with Crippen molar-refractivity contribution in [3.05, 3.63) is 94.5 Å². The monoisotopic (exact) mass is 452 g/mol. The third-order valence-corrected chi connectivity index (χ3v) is 7.11. The second kappa shape index (κ2) is 6.97. The van der Waals surface area contributed by atoms with Crippen molar-refractivity contribution in [2.75, 3.05) is 7.11 Å². The Morgan fingerprint density at radius 3 is 2.45 bits per heavy atom. The van der Waals surface area contributed by atoms with E-state index in [1.165, 1.54) is 12.7 Å². The number of hydrogen-bond donors (Lipinski definition) is 0. The number of carbonyl (C=O) groups is 1. The van der Waals surface area contributed by atoms with Crippen LogP contribution in [0.25, 0.3) is 44.2 Å². The van der Waals surface area contributed by atoms with Gasteiger partial charge in [0.25, 0.3) is 0 Å². The summed E-state index contributed by atoms with van der Waals surface area (Å²) in [6, 6.07) is 23.9. The molecule has 0 N–H and O–H groups in total. The normalized spacial score (nSPS) is 13.8. The first-order chi connectivity index (χ1) is 15.9. The molecule has 33 heavy (non-hydrogen) atoms. The van der Waals surface area contributed by atoms with E-state index in [9.17, 15) is 4.79 Å². The van der Waals surface area contributed by atoms with Crippen LogP contribution in [0, 0.1) is 0 Å². The molecular weight excluding hydrogens is 432 g/mol. The molecule has 0 fully saturated rings. The van der Waals surface area contributed by atoms with E-state index in [4.69, 9.17) is 20.8 Å². The van der Waals surface area contributed by atoms with Crippen molar-refractivity contribution in [1.82, 2.24) is 0 Å². The van der Waals surface area contributed by atoms with E-state index >= 15 is 0 Å². The van der Waals surface area contributed by atoms with Crippen LogP contribution in [-0.2, 0) is 10.2 Å². The fourth-order valence-corrected chi connectivity index (χ4v) is 5.45. The minimum atomic E-state index is -0.360. The van der Waals surface area contributed by atoms with Crippen LogP contribution in [0.3, 0.4) is 0 Å². The lowest BCUT2D eigenvalue weighted by Crippen LogP contribution is -2.15. The number of methoxy groups -OCH3 is 1. The Bertz CT molecular complexity index is 1610. The lowest BCUT2D eigenvalue weighted by molar-refractivity contribution is 0.0601. The highest BCUT2D eigenvalue weighted by atomic mass is 35.5. The number of fused-ring (bicyclic) bond motifs is 7. The molecule has 4 heteroatoms. The first kappa shape index (κ1) is 20.1. The number of carbonyl (C=O) groups excluding carboxylic acids is 1.